The molecule has 0 aliphatic heterocycles. The zero-order valence-corrected chi connectivity index (χ0v) is 20.0. The fraction of sp³-hybridized carbons (Fsp3) is 0.304. The molecule has 12 heteroatoms. The van der Waals surface area contributed by atoms with Crippen molar-refractivity contribution < 1.29 is 26.4 Å². The molecule has 0 spiro atoms. The molecule has 0 aliphatic carbocycles. The second-order valence-corrected chi connectivity index (χ2v) is 9.75. The van der Waals surface area contributed by atoms with E-state index < -0.39 is 21.8 Å². The number of carbonyl (C=O) groups is 1. The van der Waals surface area contributed by atoms with Crippen LogP contribution in [-0.4, -0.2) is 57.9 Å². The van der Waals surface area contributed by atoms with Gasteiger partial charge in [-0.05, 0) is 50.5 Å². The van der Waals surface area contributed by atoms with E-state index in [1.165, 1.54) is 6.07 Å². The maximum atomic E-state index is 12.8. The molecule has 0 saturated heterocycles. The van der Waals surface area contributed by atoms with E-state index in [1.807, 2.05) is 19.0 Å². The number of para-hydroxylation sites is 1. The topological polar surface area (TPSA) is 103 Å². The van der Waals surface area contributed by atoms with E-state index in [0.29, 0.717) is 23.1 Å². The Balaban J connectivity index is 1.71. The summed E-state index contributed by atoms with van der Waals surface area (Å²) in [5, 5.41) is 6.46. The lowest BCUT2D eigenvalue weighted by atomic mass is 10.2. The molecule has 3 rings (SSSR count). The van der Waals surface area contributed by atoms with Gasteiger partial charge in [0.2, 0.25) is 5.91 Å². The third-order valence-corrected chi connectivity index (χ3v) is 6.37. The Hall–Kier alpha value is -3.22. The Bertz CT molecular complexity index is 1280. The normalized spacial score (nSPS) is 12.2. The van der Waals surface area contributed by atoms with Crippen LogP contribution in [0.15, 0.2) is 59.5 Å². The molecule has 3 aromatic rings. The zero-order chi connectivity index (χ0) is 25.6. The summed E-state index contributed by atoms with van der Waals surface area (Å²) in [5.41, 5.74) is 0.204. The van der Waals surface area contributed by atoms with Gasteiger partial charge in [0.1, 0.15) is 0 Å². The predicted octanol–water partition coefficient (Wildman–Crippen LogP) is 2.82. The van der Waals surface area contributed by atoms with E-state index in [9.17, 15) is 26.4 Å². The van der Waals surface area contributed by atoms with Crippen molar-refractivity contribution in [1.82, 2.24) is 20.5 Å². The number of nitrogens with zero attached hydrogens (tertiary/aromatic N) is 2. The number of nitrogens with one attached hydrogen (secondary N) is 3. The van der Waals surface area contributed by atoms with E-state index in [0.717, 1.165) is 30.8 Å². The number of hydrogen-bond donors (Lipinski definition) is 3. The van der Waals surface area contributed by atoms with Crippen molar-refractivity contribution >= 4 is 32.5 Å². The number of alkyl halides is 3. The summed E-state index contributed by atoms with van der Waals surface area (Å²) in [4.78, 5) is 18.1. The maximum absolute atomic E-state index is 12.8. The number of amides is 1. The highest BCUT2D eigenvalue weighted by molar-refractivity contribution is 7.92. The summed E-state index contributed by atoms with van der Waals surface area (Å²) in [6.45, 7) is 1.62. The highest BCUT2D eigenvalue weighted by Crippen LogP contribution is 2.30. The van der Waals surface area contributed by atoms with Gasteiger partial charge in [0, 0.05) is 25.0 Å². The molecule has 188 valence electrons. The molecule has 0 bridgehead atoms. The molecule has 1 heterocycles. The van der Waals surface area contributed by atoms with Crippen molar-refractivity contribution in [1.29, 1.82) is 0 Å². The van der Waals surface area contributed by atoms with E-state index in [1.54, 1.807) is 24.3 Å². The number of hydrogen-bond acceptors (Lipinski definition) is 6. The van der Waals surface area contributed by atoms with Crippen molar-refractivity contribution in [2.24, 2.45) is 0 Å². The van der Waals surface area contributed by atoms with Crippen LogP contribution in [0, 0.1) is 0 Å². The number of sulfonamides is 1. The summed E-state index contributed by atoms with van der Waals surface area (Å²) >= 11 is 0. The SMILES string of the molecule is CN(C)CCNC(=O)CNCc1ccc2cccc(NS(=O)(=O)c3ccc(C(F)(F)F)cc3)c2n1. The minimum absolute atomic E-state index is 0.0926. The van der Waals surface area contributed by atoms with Crippen molar-refractivity contribution in [2.75, 3.05) is 38.5 Å². The first-order valence-corrected chi connectivity index (χ1v) is 12.1. The Kier molecular flexibility index (Phi) is 8.30. The minimum atomic E-state index is -4.56. The number of rotatable bonds is 10. The lowest BCUT2D eigenvalue weighted by Crippen LogP contribution is -2.37. The van der Waals surface area contributed by atoms with Crippen LogP contribution in [0.25, 0.3) is 10.9 Å². The van der Waals surface area contributed by atoms with E-state index in [2.05, 4.69) is 20.3 Å². The molecular weight excluding hydrogens is 483 g/mol. The monoisotopic (exact) mass is 509 g/mol. The molecule has 8 nitrogen and oxygen atoms in total. The predicted molar refractivity (Wildman–Crippen MR) is 127 cm³/mol. The summed E-state index contributed by atoms with van der Waals surface area (Å²) in [6.07, 6.45) is -4.56. The molecule has 0 unspecified atom stereocenters. The molecule has 0 radical (unpaired) electrons. The van der Waals surface area contributed by atoms with Gasteiger partial charge < -0.3 is 15.5 Å². The molecular formula is C23H26F3N5O3S. The second-order valence-electron chi connectivity index (χ2n) is 8.06. The second kappa shape index (κ2) is 11.0. The first kappa shape index (κ1) is 26.4. The third kappa shape index (κ3) is 7.38. The average Bonchev–Trinajstić information content (AvgIpc) is 2.78. The number of pyridine rings is 1. The Morgan fingerprint density at radius 3 is 2.40 bits per heavy atom. The average molecular weight is 510 g/mol. The molecule has 3 N–H and O–H groups in total. The van der Waals surface area contributed by atoms with Gasteiger partial charge in [-0.25, -0.2) is 13.4 Å². The first-order valence-electron chi connectivity index (χ1n) is 10.7. The van der Waals surface area contributed by atoms with Gasteiger partial charge in [-0.1, -0.05) is 18.2 Å². The van der Waals surface area contributed by atoms with Crippen LogP contribution in [-0.2, 0) is 27.5 Å². The van der Waals surface area contributed by atoms with Crippen LogP contribution in [0.2, 0.25) is 0 Å². The fourth-order valence-corrected chi connectivity index (χ4v) is 4.25. The summed E-state index contributed by atoms with van der Waals surface area (Å²) < 4.78 is 66.4. The van der Waals surface area contributed by atoms with Gasteiger partial charge >= 0.3 is 6.18 Å². The van der Waals surface area contributed by atoms with Gasteiger partial charge in [0.05, 0.1) is 33.9 Å². The molecule has 1 aromatic heterocycles. The summed E-state index contributed by atoms with van der Waals surface area (Å²) in [6, 6.07) is 11.7. The molecule has 2 aromatic carbocycles. The lowest BCUT2D eigenvalue weighted by Gasteiger charge is -2.13. The molecule has 0 fully saturated rings. The molecule has 1 amide bonds. The van der Waals surface area contributed by atoms with Gasteiger partial charge in [0.15, 0.2) is 0 Å². The van der Waals surface area contributed by atoms with Crippen LogP contribution in [0.5, 0.6) is 0 Å². The third-order valence-electron chi connectivity index (χ3n) is 4.99. The van der Waals surface area contributed by atoms with E-state index >= 15 is 0 Å². The van der Waals surface area contributed by atoms with Crippen LogP contribution >= 0.6 is 0 Å². The van der Waals surface area contributed by atoms with Crippen LogP contribution in [0.4, 0.5) is 18.9 Å². The number of aromatic nitrogens is 1. The fourth-order valence-electron chi connectivity index (χ4n) is 3.18. The van der Waals surface area contributed by atoms with Crippen LogP contribution in [0.3, 0.4) is 0 Å². The van der Waals surface area contributed by atoms with Crippen molar-refractivity contribution in [3.63, 3.8) is 0 Å². The molecule has 0 aliphatic rings. The van der Waals surface area contributed by atoms with Crippen LogP contribution < -0.4 is 15.4 Å². The van der Waals surface area contributed by atoms with Gasteiger partial charge in [-0.15, -0.1) is 0 Å². The number of halogens is 3. The standard InChI is InChI=1S/C23H26F3N5O3S/c1-31(2)13-12-28-21(32)15-27-14-18-9-6-16-4-3-5-20(22(16)29-18)30-35(33,34)19-10-7-17(8-11-19)23(24,25)26/h3-11,27,30H,12-15H2,1-2H3,(H,28,32). The molecule has 0 saturated carbocycles. The van der Waals surface area contributed by atoms with Crippen molar-refractivity contribution in [3.05, 3.63) is 65.9 Å². The van der Waals surface area contributed by atoms with Gasteiger partial charge in [0.25, 0.3) is 10.0 Å². The largest absolute Gasteiger partial charge is 0.416 e. The summed E-state index contributed by atoms with van der Waals surface area (Å²) in [7, 11) is -0.332. The van der Waals surface area contributed by atoms with E-state index in [4.69, 9.17) is 0 Å². The Labute approximate surface area is 201 Å². The summed E-state index contributed by atoms with van der Waals surface area (Å²) in [5.74, 6) is -0.155. The maximum Gasteiger partial charge on any atom is 0.416 e. The van der Waals surface area contributed by atoms with Gasteiger partial charge in [-0.3, -0.25) is 9.52 Å². The smallest absolute Gasteiger partial charge is 0.354 e. The quantitative estimate of drug-likeness (QED) is 0.389. The minimum Gasteiger partial charge on any atom is -0.354 e. The van der Waals surface area contributed by atoms with Gasteiger partial charge in [-0.2, -0.15) is 13.2 Å². The van der Waals surface area contributed by atoms with Crippen molar-refractivity contribution in [3.8, 4) is 0 Å². The van der Waals surface area contributed by atoms with Crippen molar-refractivity contribution in [2.45, 2.75) is 17.6 Å². The number of benzene rings is 2. The zero-order valence-electron chi connectivity index (χ0n) is 19.2. The molecule has 0 atom stereocenters. The van der Waals surface area contributed by atoms with Crippen LogP contribution in [0.1, 0.15) is 11.3 Å². The number of carbonyl (C=O) groups excluding carboxylic acids is 1. The number of likely N-dealkylation sites (N-methyl/N-ethyl adjacent to an activating group) is 1. The number of anilines is 1. The first-order chi connectivity index (χ1) is 16.5. The highest BCUT2D eigenvalue weighted by atomic mass is 32.2. The Morgan fingerprint density at radius 1 is 1.03 bits per heavy atom. The van der Waals surface area contributed by atoms with E-state index in [-0.39, 0.29) is 29.6 Å². The number of fused-ring (bicyclic) bond motifs is 1. The Morgan fingerprint density at radius 2 is 1.74 bits per heavy atom. The molecule has 35 heavy (non-hydrogen) atoms. The lowest BCUT2D eigenvalue weighted by molar-refractivity contribution is -0.137. The highest BCUT2D eigenvalue weighted by Gasteiger charge is 2.30.